The van der Waals surface area contributed by atoms with E-state index in [0.717, 1.165) is 16.7 Å². The second-order valence-electron chi connectivity index (χ2n) is 11.0. The maximum absolute atomic E-state index is 13.6. The minimum Gasteiger partial charge on any atom is -0.497 e. The van der Waals surface area contributed by atoms with Crippen LogP contribution in [0.2, 0.25) is 0 Å². The minimum atomic E-state index is -1.32. The molecule has 2 heterocycles. The topological polar surface area (TPSA) is 142 Å². The van der Waals surface area contributed by atoms with Crippen LogP contribution in [0.4, 0.5) is 0 Å². The Morgan fingerprint density at radius 3 is 1.78 bits per heavy atom. The van der Waals surface area contributed by atoms with Crippen LogP contribution in [-0.2, 0) is 34.2 Å². The average molecular weight is 619 g/mol. The smallest absolute Gasteiger partial charge is 0.303 e. The van der Waals surface area contributed by atoms with Crippen molar-refractivity contribution in [1.82, 2.24) is 10.8 Å². The number of fused-ring (bicyclic) bond motifs is 2. The van der Waals surface area contributed by atoms with Gasteiger partial charge < -0.3 is 29.0 Å². The molecule has 2 aliphatic rings. The van der Waals surface area contributed by atoms with Crippen molar-refractivity contribution in [2.75, 3.05) is 20.8 Å². The fourth-order valence-corrected chi connectivity index (χ4v) is 6.45. The van der Waals surface area contributed by atoms with Gasteiger partial charge in [0.15, 0.2) is 6.10 Å². The van der Waals surface area contributed by atoms with E-state index >= 15 is 0 Å². The number of carbonyl (C=O) groups excluding carboxylic acids is 3. The molecular formula is C34H38N2O9. The zero-order chi connectivity index (χ0) is 32.1. The minimum absolute atomic E-state index is 0.380. The van der Waals surface area contributed by atoms with Gasteiger partial charge in [-0.3, -0.25) is 19.6 Å². The van der Waals surface area contributed by atoms with Gasteiger partial charge in [0.2, 0.25) is 11.8 Å². The molecule has 0 unspecified atom stereocenters. The molecule has 0 radical (unpaired) electrons. The average Bonchev–Trinajstić information content (AvgIpc) is 3.62. The molecule has 2 saturated heterocycles. The van der Waals surface area contributed by atoms with Crippen molar-refractivity contribution in [2.24, 2.45) is 11.8 Å². The monoisotopic (exact) mass is 618 g/mol. The highest BCUT2D eigenvalue weighted by Gasteiger charge is 2.67. The van der Waals surface area contributed by atoms with E-state index in [0.29, 0.717) is 24.5 Å². The zero-order valence-electron chi connectivity index (χ0n) is 25.6. The van der Waals surface area contributed by atoms with Crippen molar-refractivity contribution in [3.8, 4) is 11.5 Å². The Balaban J connectivity index is 1.71. The van der Waals surface area contributed by atoms with Crippen LogP contribution in [0.15, 0.2) is 78.9 Å². The van der Waals surface area contributed by atoms with E-state index in [1.807, 2.05) is 85.8 Å². The van der Waals surface area contributed by atoms with E-state index in [2.05, 4.69) is 5.32 Å². The molecule has 2 fully saturated rings. The second-order valence-corrected chi connectivity index (χ2v) is 11.0. The van der Waals surface area contributed by atoms with Gasteiger partial charge in [0, 0.05) is 13.5 Å². The molecule has 0 aliphatic carbocycles. The third-order valence-electron chi connectivity index (χ3n) is 8.43. The first-order valence-electron chi connectivity index (χ1n) is 14.9. The van der Waals surface area contributed by atoms with Crippen molar-refractivity contribution in [3.63, 3.8) is 0 Å². The molecular weight excluding hydrogens is 580 g/mol. The second kappa shape index (κ2) is 13.7. The molecule has 0 saturated carbocycles. The van der Waals surface area contributed by atoms with Gasteiger partial charge in [0.05, 0.1) is 26.1 Å². The fourth-order valence-electron chi connectivity index (χ4n) is 6.45. The number of methoxy groups -OCH3 is 2. The maximum atomic E-state index is 13.6. The Morgan fingerprint density at radius 2 is 1.29 bits per heavy atom. The molecule has 0 aromatic heterocycles. The summed E-state index contributed by atoms with van der Waals surface area (Å²) < 4.78 is 30.2. The Bertz CT molecular complexity index is 1430. The molecule has 6 atom stereocenters. The van der Waals surface area contributed by atoms with E-state index < -0.39 is 59.6 Å². The summed E-state index contributed by atoms with van der Waals surface area (Å²) in [4.78, 5) is 39.0. The first kappa shape index (κ1) is 32.0. The van der Waals surface area contributed by atoms with Crippen LogP contribution >= 0.6 is 0 Å². The highest BCUT2D eigenvalue weighted by atomic mass is 16.6. The molecule has 0 spiro atoms. The van der Waals surface area contributed by atoms with E-state index in [1.165, 1.54) is 6.92 Å². The van der Waals surface area contributed by atoms with Crippen molar-refractivity contribution < 1.29 is 43.3 Å². The van der Waals surface area contributed by atoms with Gasteiger partial charge in [0.1, 0.15) is 35.4 Å². The van der Waals surface area contributed by atoms with Gasteiger partial charge in [-0.05, 0) is 47.4 Å². The number of carbonyl (C=O) groups is 3. The predicted octanol–water partition coefficient (Wildman–Crippen LogP) is 3.36. The lowest BCUT2D eigenvalue weighted by Crippen LogP contribution is -2.59. The van der Waals surface area contributed by atoms with Gasteiger partial charge >= 0.3 is 5.97 Å². The summed E-state index contributed by atoms with van der Waals surface area (Å²) in [5.74, 6) is -2.73. The number of esters is 1. The lowest BCUT2D eigenvalue weighted by Gasteiger charge is -2.43. The van der Waals surface area contributed by atoms with Crippen LogP contribution in [0.1, 0.15) is 37.0 Å². The first-order chi connectivity index (χ1) is 21.8. The van der Waals surface area contributed by atoms with Gasteiger partial charge in [-0.2, -0.15) is 0 Å². The van der Waals surface area contributed by atoms with Crippen LogP contribution in [0.25, 0.3) is 0 Å². The summed E-state index contributed by atoms with van der Waals surface area (Å²) in [6, 6.07) is 24.4. The summed E-state index contributed by atoms with van der Waals surface area (Å²) in [7, 11) is 3.16. The van der Waals surface area contributed by atoms with Crippen molar-refractivity contribution in [3.05, 3.63) is 95.6 Å². The van der Waals surface area contributed by atoms with Crippen LogP contribution in [0.5, 0.6) is 11.5 Å². The van der Waals surface area contributed by atoms with Crippen molar-refractivity contribution in [1.29, 1.82) is 0 Å². The third kappa shape index (κ3) is 5.98. The number of amides is 2. The van der Waals surface area contributed by atoms with Gasteiger partial charge in [-0.25, -0.2) is 5.48 Å². The zero-order valence-corrected chi connectivity index (χ0v) is 25.6. The SMILES string of the molecule is CCCNC(=O)[C@H]1[C@H]2O[C@H]([C@H](OC(C)=O)[C@@H]2OC(c2ccccc2)(c2ccc(OC)cc2)c2ccc(OC)cc2)[C@H]1C(=O)NO. The molecule has 2 bridgehead atoms. The Kier molecular flexibility index (Phi) is 9.71. The molecule has 3 aromatic carbocycles. The molecule has 238 valence electrons. The molecule has 2 aliphatic heterocycles. The van der Waals surface area contributed by atoms with Gasteiger partial charge in [-0.1, -0.05) is 61.5 Å². The lowest BCUT2D eigenvalue weighted by atomic mass is 9.74. The number of hydrogen-bond acceptors (Lipinski definition) is 9. The number of nitrogens with one attached hydrogen (secondary N) is 2. The van der Waals surface area contributed by atoms with E-state index in [1.54, 1.807) is 19.7 Å². The summed E-state index contributed by atoms with van der Waals surface area (Å²) in [6.07, 6.45) is -3.48. The van der Waals surface area contributed by atoms with Crippen LogP contribution in [0, 0.1) is 11.8 Å². The predicted molar refractivity (Wildman–Crippen MR) is 162 cm³/mol. The number of ether oxygens (including phenoxy) is 5. The third-order valence-corrected chi connectivity index (χ3v) is 8.43. The quantitative estimate of drug-likeness (QED) is 0.121. The molecule has 45 heavy (non-hydrogen) atoms. The van der Waals surface area contributed by atoms with Gasteiger partial charge in [0.25, 0.3) is 0 Å². The van der Waals surface area contributed by atoms with Crippen LogP contribution in [0.3, 0.4) is 0 Å². The van der Waals surface area contributed by atoms with Crippen LogP contribution in [-0.4, -0.2) is 68.2 Å². The highest BCUT2D eigenvalue weighted by molar-refractivity contribution is 5.89. The molecule has 3 N–H and O–H groups in total. The number of hydrogen-bond donors (Lipinski definition) is 3. The Hall–Kier alpha value is -4.45. The van der Waals surface area contributed by atoms with Crippen molar-refractivity contribution >= 4 is 17.8 Å². The molecule has 3 aromatic rings. The van der Waals surface area contributed by atoms with E-state index in [-0.39, 0.29) is 0 Å². The van der Waals surface area contributed by atoms with Crippen molar-refractivity contribution in [2.45, 2.75) is 50.3 Å². The first-order valence-corrected chi connectivity index (χ1v) is 14.9. The highest BCUT2D eigenvalue weighted by Crippen LogP contribution is 2.51. The number of benzene rings is 3. The maximum Gasteiger partial charge on any atom is 0.303 e. The number of rotatable bonds is 12. The van der Waals surface area contributed by atoms with E-state index in [4.69, 9.17) is 23.7 Å². The summed E-state index contributed by atoms with van der Waals surface area (Å²) in [5.41, 5.74) is 2.54. The molecule has 2 amide bonds. The molecule has 11 heteroatoms. The van der Waals surface area contributed by atoms with E-state index in [9.17, 15) is 19.6 Å². The standard InChI is InChI=1S/C34H38N2O9/c1-5-19-35-32(38)26-27(33(39)36-40)28-30(43-20(2)37)31(29(26)44-28)45-34(21-9-7-6-8-10-21,22-11-15-24(41-3)16-12-22)23-13-17-25(42-4)18-14-23/h6-18,26-31,40H,5,19H2,1-4H3,(H,35,38)(H,36,39)/t26-,27+,28+,29-,30+,31-/m1/s1. The van der Waals surface area contributed by atoms with Crippen LogP contribution < -0.4 is 20.3 Å². The fraction of sp³-hybridized carbons (Fsp3) is 0.382. The summed E-state index contributed by atoms with van der Waals surface area (Å²) >= 11 is 0. The summed E-state index contributed by atoms with van der Waals surface area (Å²) in [6.45, 7) is 3.55. The number of hydroxylamine groups is 1. The molecule has 5 rings (SSSR count). The molecule has 11 nitrogen and oxygen atoms in total. The summed E-state index contributed by atoms with van der Waals surface area (Å²) in [5, 5.41) is 12.5. The normalized spacial score (nSPS) is 23.7. The lowest BCUT2D eigenvalue weighted by molar-refractivity contribution is -0.173. The Morgan fingerprint density at radius 1 is 0.778 bits per heavy atom. The van der Waals surface area contributed by atoms with Gasteiger partial charge in [-0.15, -0.1) is 0 Å². The Labute approximate surface area is 261 Å². The largest absolute Gasteiger partial charge is 0.497 e.